The minimum Gasteiger partial charge on any atom is -0.313 e. The summed E-state index contributed by atoms with van der Waals surface area (Å²) >= 11 is 0. The number of aryl methyl sites for hydroxylation is 1. The first kappa shape index (κ1) is 20.1. The molecule has 2 aliphatic carbocycles. The fourth-order valence-electron chi connectivity index (χ4n) is 5.56. The number of hydrogen-bond acceptors (Lipinski definition) is 3. The molecular weight excluding hydrogens is 368 g/mol. The number of hydrogen-bond donors (Lipinski definition) is 2. The van der Waals surface area contributed by atoms with Gasteiger partial charge in [-0.05, 0) is 81.3 Å². The highest BCUT2D eigenvalue weighted by atomic mass is 32.2. The Morgan fingerprint density at radius 3 is 2.68 bits per heavy atom. The summed E-state index contributed by atoms with van der Waals surface area (Å²) in [6.45, 7) is 6.00. The lowest BCUT2D eigenvalue weighted by Crippen LogP contribution is -2.53. The number of rotatable bonds is 7. The molecule has 0 aromatic heterocycles. The van der Waals surface area contributed by atoms with Crippen LogP contribution in [0.15, 0.2) is 40.8 Å². The van der Waals surface area contributed by atoms with Gasteiger partial charge in [-0.25, -0.2) is 13.1 Å². The zero-order chi connectivity index (χ0) is 19.7. The van der Waals surface area contributed by atoms with E-state index < -0.39 is 10.0 Å². The first-order chi connectivity index (χ1) is 13.4. The summed E-state index contributed by atoms with van der Waals surface area (Å²) in [6.07, 6.45) is 9.71. The first-order valence-electron chi connectivity index (χ1n) is 10.9. The van der Waals surface area contributed by atoms with Crippen molar-refractivity contribution in [3.63, 3.8) is 0 Å². The summed E-state index contributed by atoms with van der Waals surface area (Å²) in [5, 5.41) is 3.82. The molecule has 4 rings (SSSR count). The maximum Gasteiger partial charge on any atom is 0.240 e. The molecule has 2 fully saturated rings. The largest absolute Gasteiger partial charge is 0.313 e. The van der Waals surface area contributed by atoms with Crippen molar-refractivity contribution in [3.8, 4) is 0 Å². The second kappa shape index (κ2) is 8.29. The van der Waals surface area contributed by atoms with E-state index in [9.17, 15) is 8.42 Å². The summed E-state index contributed by atoms with van der Waals surface area (Å²) < 4.78 is 27.5. The molecule has 2 bridgehead atoms. The van der Waals surface area contributed by atoms with Crippen LogP contribution in [0.25, 0.3) is 0 Å². The van der Waals surface area contributed by atoms with Gasteiger partial charge in [0.25, 0.3) is 0 Å². The monoisotopic (exact) mass is 402 g/mol. The topological polar surface area (TPSA) is 58.2 Å². The Hall–Kier alpha value is -1.17. The van der Waals surface area contributed by atoms with Crippen molar-refractivity contribution in [2.75, 3.05) is 13.1 Å². The van der Waals surface area contributed by atoms with E-state index in [2.05, 4.69) is 23.0 Å². The summed E-state index contributed by atoms with van der Waals surface area (Å²) in [6, 6.07) is 7.77. The zero-order valence-electron chi connectivity index (χ0n) is 17.2. The molecule has 0 amide bonds. The molecule has 1 saturated heterocycles. The lowest BCUT2D eigenvalue weighted by molar-refractivity contribution is 0.0974. The number of fused-ring (bicyclic) bond motifs is 1. The number of unbranched alkanes of at least 4 members (excludes halogenated alkanes) is 1. The van der Waals surface area contributed by atoms with Crippen molar-refractivity contribution in [1.29, 1.82) is 0 Å². The minimum atomic E-state index is -3.39. The van der Waals surface area contributed by atoms with Gasteiger partial charge in [-0.1, -0.05) is 36.3 Å². The molecule has 5 heteroatoms. The molecule has 1 aliphatic heterocycles. The fourth-order valence-corrected chi connectivity index (χ4v) is 6.63. The third kappa shape index (κ3) is 4.37. The summed E-state index contributed by atoms with van der Waals surface area (Å²) in [5.41, 5.74) is 2.69. The van der Waals surface area contributed by atoms with E-state index in [1.807, 2.05) is 19.1 Å². The maximum absolute atomic E-state index is 12.4. The number of nitrogens with one attached hydrogen (secondary N) is 2. The van der Waals surface area contributed by atoms with E-state index in [0.717, 1.165) is 55.2 Å². The first-order valence-corrected chi connectivity index (χ1v) is 12.4. The van der Waals surface area contributed by atoms with Gasteiger partial charge < -0.3 is 5.32 Å². The smallest absolute Gasteiger partial charge is 0.240 e. The molecule has 154 valence electrons. The summed E-state index contributed by atoms with van der Waals surface area (Å²) in [7, 11) is -3.39. The quantitative estimate of drug-likeness (QED) is 0.535. The van der Waals surface area contributed by atoms with Crippen molar-refractivity contribution in [2.45, 2.75) is 63.3 Å². The van der Waals surface area contributed by atoms with E-state index in [4.69, 9.17) is 0 Å². The Morgan fingerprint density at radius 1 is 1.11 bits per heavy atom. The molecule has 1 heterocycles. The van der Waals surface area contributed by atoms with Crippen molar-refractivity contribution in [2.24, 2.45) is 23.7 Å². The molecule has 2 N–H and O–H groups in total. The normalized spacial score (nSPS) is 32.1. The lowest BCUT2D eigenvalue weighted by atomic mass is 9.61. The van der Waals surface area contributed by atoms with Gasteiger partial charge in [0.2, 0.25) is 10.0 Å². The molecule has 3 aliphatic rings. The zero-order valence-corrected chi connectivity index (χ0v) is 18.0. The number of sulfonamides is 1. The molecule has 1 aromatic rings. The van der Waals surface area contributed by atoms with Gasteiger partial charge in [0.05, 0.1) is 4.90 Å². The van der Waals surface area contributed by atoms with Gasteiger partial charge >= 0.3 is 0 Å². The van der Waals surface area contributed by atoms with Gasteiger partial charge in [-0.15, -0.1) is 0 Å². The molecule has 0 radical (unpaired) electrons. The standard InChI is InChI=1S/C23H34N2O2S/c1-16-6-8-21(9-7-16)28(26,27)25-10-4-3-5-18-13-19-11-17(2)12-23-22(19)14-20(18)15-24-23/h6-9,13,17,19-20,22-25H,3-5,10-12,14-15H2,1-2H3/t17-,19+,20-,22-,23+/m1/s1. The summed E-state index contributed by atoms with van der Waals surface area (Å²) in [5.74, 6) is 3.13. The Morgan fingerprint density at radius 2 is 1.89 bits per heavy atom. The maximum atomic E-state index is 12.4. The van der Waals surface area contributed by atoms with Crippen LogP contribution >= 0.6 is 0 Å². The van der Waals surface area contributed by atoms with Crippen LogP contribution in [0.4, 0.5) is 0 Å². The average molecular weight is 403 g/mol. The van der Waals surface area contributed by atoms with Crippen LogP contribution in [0.1, 0.15) is 51.0 Å². The lowest BCUT2D eigenvalue weighted by Gasteiger charge is -2.50. The van der Waals surface area contributed by atoms with E-state index in [1.54, 1.807) is 17.7 Å². The van der Waals surface area contributed by atoms with Gasteiger partial charge in [-0.2, -0.15) is 0 Å². The molecule has 5 atom stereocenters. The van der Waals surface area contributed by atoms with Crippen molar-refractivity contribution >= 4 is 10.0 Å². The van der Waals surface area contributed by atoms with E-state index >= 15 is 0 Å². The molecule has 1 aromatic carbocycles. The Labute approximate surface area is 170 Å². The SMILES string of the molecule is Cc1ccc(S(=O)(=O)NCCCCC2=C[C@@H]3C[C@@H](C)C[C@@H]4NC[C@H]2C[C@H]34)cc1. The highest BCUT2D eigenvalue weighted by molar-refractivity contribution is 7.89. The second-order valence-electron chi connectivity index (χ2n) is 9.26. The van der Waals surface area contributed by atoms with Crippen LogP contribution < -0.4 is 10.0 Å². The third-order valence-electron chi connectivity index (χ3n) is 7.05. The molecule has 0 spiro atoms. The van der Waals surface area contributed by atoms with Crippen LogP contribution in [0.5, 0.6) is 0 Å². The van der Waals surface area contributed by atoms with E-state index in [1.165, 1.54) is 19.3 Å². The Bertz CT molecular complexity index is 816. The Balaban J connectivity index is 1.27. The number of benzene rings is 1. The number of allylic oxidation sites excluding steroid dienone is 1. The predicted octanol–water partition coefficient (Wildman–Crippen LogP) is 4.02. The van der Waals surface area contributed by atoms with Gasteiger partial charge in [0.15, 0.2) is 0 Å². The average Bonchev–Trinajstić information content (AvgIpc) is 2.67. The number of piperidine rings is 1. The van der Waals surface area contributed by atoms with Crippen molar-refractivity contribution in [3.05, 3.63) is 41.5 Å². The highest BCUT2D eigenvalue weighted by Gasteiger charge is 2.42. The molecule has 4 nitrogen and oxygen atoms in total. The molecular formula is C23H34N2O2S. The third-order valence-corrected chi connectivity index (χ3v) is 8.53. The summed E-state index contributed by atoms with van der Waals surface area (Å²) in [4.78, 5) is 0.355. The van der Waals surface area contributed by atoms with Crippen LogP contribution in [0.3, 0.4) is 0 Å². The van der Waals surface area contributed by atoms with Crippen molar-refractivity contribution < 1.29 is 8.42 Å². The predicted molar refractivity (Wildman–Crippen MR) is 114 cm³/mol. The second-order valence-corrected chi connectivity index (χ2v) is 11.0. The minimum absolute atomic E-state index is 0.355. The van der Waals surface area contributed by atoms with Crippen LogP contribution in [0.2, 0.25) is 0 Å². The molecule has 0 unspecified atom stereocenters. The van der Waals surface area contributed by atoms with Crippen LogP contribution in [0, 0.1) is 30.6 Å². The Kier molecular flexibility index (Phi) is 5.96. The van der Waals surface area contributed by atoms with E-state index in [0.29, 0.717) is 17.4 Å². The highest BCUT2D eigenvalue weighted by Crippen LogP contribution is 2.46. The van der Waals surface area contributed by atoms with E-state index in [-0.39, 0.29) is 0 Å². The van der Waals surface area contributed by atoms with Crippen LogP contribution in [-0.2, 0) is 10.0 Å². The molecule has 1 saturated carbocycles. The van der Waals surface area contributed by atoms with Crippen LogP contribution in [-0.4, -0.2) is 27.5 Å². The van der Waals surface area contributed by atoms with Gasteiger partial charge in [-0.3, -0.25) is 0 Å². The van der Waals surface area contributed by atoms with Gasteiger partial charge in [0.1, 0.15) is 0 Å². The van der Waals surface area contributed by atoms with Gasteiger partial charge in [0, 0.05) is 19.1 Å². The molecule has 28 heavy (non-hydrogen) atoms. The van der Waals surface area contributed by atoms with Crippen molar-refractivity contribution in [1.82, 2.24) is 10.0 Å². The fraction of sp³-hybridized carbons (Fsp3) is 0.652.